The zero-order valence-electron chi connectivity index (χ0n) is 12.1. The zero-order chi connectivity index (χ0) is 14.9. The molecule has 1 saturated heterocycles. The van der Waals surface area contributed by atoms with Gasteiger partial charge in [0.05, 0.1) is 0 Å². The quantitative estimate of drug-likeness (QED) is 0.860. The third kappa shape index (κ3) is 3.48. The highest BCUT2D eigenvalue weighted by Gasteiger charge is 2.36. The molecule has 4 nitrogen and oxygen atoms in total. The predicted octanol–water partition coefficient (Wildman–Crippen LogP) is 2.49. The topological polar surface area (TPSA) is 55.6 Å². The van der Waals surface area contributed by atoms with Gasteiger partial charge in [0.25, 0.3) is 0 Å². The molecule has 20 heavy (non-hydrogen) atoms. The number of amides is 1. The second-order valence-corrected chi connectivity index (χ2v) is 6.21. The summed E-state index contributed by atoms with van der Waals surface area (Å²) in [5.74, 6) is -0.344. The number of ether oxygens (including phenoxy) is 1. The summed E-state index contributed by atoms with van der Waals surface area (Å²) in [7, 11) is 0. The van der Waals surface area contributed by atoms with E-state index in [1.165, 1.54) is 12.1 Å². The molecule has 110 valence electrons. The maximum atomic E-state index is 13.3. The Morgan fingerprint density at radius 3 is 2.70 bits per heavy atom. The van der Waals surface area contributed by atoms with Crippen LogP contribution in [0.15, 0.2) is 24.3 Å². The largest absolute Gasteiger partial charge is 0.444 e. The summed E-state index contributed by atoms with van der Waals surface area (Å²) in [4.78, 5) is 13.6. The van der Waals surface area contributed by atoms with Crippen molar-refractivity contribution in [3.8, 4) is 0 Å². The number of carbonyl (C=O) groups is 1. The van der Waals surface area contributed by atoms with Crippen molar-refractivity contribution in [2.75, 3.05) is 13.1 Å². The number of halogens is 1. The smallest absolute Gasteiger partial charge is 0.410 e. The van der Waals surface area contributed by atoms with Crippen molar-refractivity contribution in [3.63, 3.8) is 0 Å². The monoisotopic (exact) mass is 280 g/mol. The van der Waals surface area contributed by atoms with E-state index >= 15 is 0 Å². The molecule has 2 atom stereocenters. The Balaban J connectivity index is 2.07. The molecule has 2 rings (SSSR count). The van der Waals surface area contributed by atoms with Gasteiger partial charge in [-0.3, -0.25) is 0 Å². The molecule has 1 aliphatic rings. The van der Waals surface area contributed by atoms with E-state index in [0.717, 1.165) is 5.56 Å². The minimum atomic E-state index is -0.530. The average molecular weight is 280 g/mol. The van der Waals surface area contributed by atoms with Crippen LogP contribution in [0.4, 0.5) is 9.18 Å². The van der Waals surface area contributed by atoms with Crippen LogP contribution in [0.2, 0.25) is 0 Å². The number of hydrogen-bond acceptors (Lipinski definition) is 3. The molecule has 0 aromatic heterocycles. The Labute approximate surface area is 118 Å². The Morgan fingerprint density at radius 1 is 1.40 bits per heavy atom. The molecule has 0 saturated carbocycles. The van der Waals surface area contributed by atoms with Crippen molar-refractivity contribution in [1.29, 1.82) is 0 Å². The van der Waals surface area contributed by atoms with Gasteiger partial charge in [-0.05, 0) is 38.5 Å². The standard InChI is InChI=1S/C15H21FN2O2/c1-15(2,3)20-14(19)18-8-12(13(17)9-18)10-5-4-6-11(16)7-10/h4-7,12-13H,8-9,17H2,1-3H3/t12-,13-/m1/s1. The molecule has 2 N–H and O–H groups in total. The van der Waals surface area contributed by atoms with Crippen LogP contribution in [0.1, 0.15) is 32.3 Å². The van der Waals surface area contributed by atoms with Crippen LogP contribution in [-0.2, 0) is 4.74 Å². The Morgan fingerprint density at radius 2 is 2.10 bits per heavy atom. The van der Waals surface area contributed by atoms with Crippen molar-refractivity contribution >= 4 is 6.09 Å². The first kappa shape index (κ1) is 14.8. The third-order valence-corrected chi connectivity index (χ3v) is 3.29. The number of benzene rings is 1. The second kappa shape index (κ2) is 5.40. The summed E-state index contributed by atoms with van der Waals surface area (Å²) in [6, 6.07) is 6.17. The van der Waals surface area contributed by atoms with E-state index in [1.54, 1.807) is 11.0 Å². The fourth-order valence-corrected chi connectivity index (χ4v) is 2.39. The number of likely N-dealkylation sites (tertiary alicyclic amines) is 1. The Hall–Kier alpha value is -1.62. The molecule has 0 aliphatic carbocycles. The zero-order valence-corrected chi connectivity index (χ0v) is 12.1. The molecule has 5 heteroatoms. The van der Waals surface area contributed by atoms with Gasteiger partial charge in [0.1, 0.15) is 11.4 Å². The molecule has 1 aromatic rings. The van der Waals surface area contributed by atoms with Crippen LogP contribution in [0.5, 0.6) is 0 Å². The summed E-state index contributed by atoms with van der Waals surface area (Å²) in [6.45, 7) is 6.36. The molecular weight excluding hydrogens is 259 g/mol. The van der Waals surface area contributed by atoms with E-state index in [-0.39, 0.29) is 23.9 Å². The molecule has 1 heterocycles. The lowest BCUT2D eigenvalue weighted by molar-refractivity contribution is 0.0290. The Bertz CT molecular complexity index is 499. The van der Waals surface area contributed by atoms with Crippen LogP contribution >= 0.6 is 0 Å². The predicted molar refractivity (Wildman–Crippen MR) is 74.9 cm³/mol. The van der Waals surface area contributed by atoms with E-state index < -0.39 is 5.60 Å². The van der Waals surface area contributed by atoms with Crippen LogP contribution in [0, 0.1) is 5.82 Å². The van der Waals surface area contributed by atoms with Gasteiger partial charge < -0.3 is 15.4 Å². The lowest BCUT2D eigenvalue weighted by Gasteiger charge is -2.24. The lowest BCUT2D eigenvalue weighted by Crippen LogP contribution is -2.36. The first-order valence-corrected chi connectivity index (χ1v) is 6.75. The highest BCUT2D eigenvalue weighted by molar-refractivity contribution is 5.69. The van der Waals surface area contributed by atoms with Gasteiger partial charge >= 0.3 is 6.09 Å². The number of nitrogens with zero attached hydrogens (tertiary/aromatic N) is 1. The number of carbonyl (C=O) groups excluding carboxylic acids is 1. The van der Waals surface area contributed by atoms with Gasteiger partial charge in [-0.2, -0.15) is 0 Å². The number of hydrogen-bond donors (Lipinski definition) is 1. The van der Waals surface area contributed by atoms with E-state index in [4.69, 9.17) is 10.5 Å². The van der Waals surface area contributed by atoms with Crippen LogP contribution in [-0.4, -0.2) is 35.7 Å². The van der Waals surface area contributed by atoms with Crippen LogP contribution in [0.3, 0.4) is 0 Å². The van der Waals surface area contributed by atoms with Gasteiger partial charge in [0, 0.05) is 25.0 Å². The van der Waals surface area contributed by atoms with Crippen molar-refractivity contribution < 1.29 is 13.9 Å². The van der Waals surface area contributed by atoms with Crippen LogP contribution < -0.4 is 5.73 Å². The molecule has 1 fully saturated rings. The van der Waals surface area contributed by atoms with Crippen LogP contribution in [0.25, 0.3) is 0 Å². The molecule has 0 spiro atoms. The maximum absolute atomic E-state index is 13.3. The number of rotatable bonds is 1. The molecule has 1 amide bonds. The molecule has 1 aliphatic heterocycles. The van der Waals surface area contributed by atoms with Crippen molar-refractivity contribution in [1.82, 2.24) is 4.90 Å². The fraction of sp³-hybridized carbons (Fsp3) is 0.533. The van der Waals surface area contributed by atoms with Crippen molar-refractivity contribution in [2.45, 2.75) is 38.3 Å². The van der Waals surface area contributed by atoms with Crippen molar-refractivity contribution in [2.24, 2.45) is 5.73 Å². The summed E-state index contributed by atoms with van der Waals surface area (Å²) < 4.78 is 18.6. The van der Waals surface area contributed by atoms with Crippen molar-refractivity contribution in [3.05, 3.63) is 35.6 Å². The number of nitrogens with two attached hydrogens (primary N) is 1. The highest BCUT2D eigenvalue weighted by atomic mass is 19.1. The fourth-order valence-electron chi connectivity index (χ4n) is 2.39. The summed E-state index contributed by atoms with van der Waals surface area (Å²) >= 11 is 0. The average Bonchev–Trinajstić information content (AvgIpc) is 2.69. The molecule has 1 aromatic carbocycles. The molecule has 0 bridgehead atoms. The summed E-state index contributed by atoms with van der Waals surface area (Å²) in [5, 5.41) is 0. The SMILES string of the molecule is CC(C)(C)OC(=O)N1C[C@@H](N)[C@@H](c2cccc(F)c2)C1. The van der Waals surface area contributed by atoms with E-state index in [2.05, 4.69) is 0 Å². The maximum Gasteiger partial charge on any atom is 0.410 e. The van der Waals surface area contributed by atoms with Gasteiger partial charge in [-0.15, -0.1) is 0 Å². The normalized spacial score (nSPS) is 22.9. The highest BCUT2D eigenvalue weighted by Crippen LogP contribution is 2.28. The first-order chi connectivity index (χ1) is 9.26. The van der Waals surface area contributed by atoms with Gasteiger partial charge in [0.15, 0.2) is 0 Å². The lowest BCUT2D eigenvalue weighted by atomic mass is 9.95. The van der Waals surface area contributed by atoms with Gasteiger partial charge in [-0.1, -0.05) is 12.1 Å². The molecular formula is C15H21FN2O2. The minimum absolute atomic E-state index is 0.0572. The van der Waals surface area contributed by atoms with E-state index in [9.17, 15) is 9.18 Å². The van der Waals surface area contributed by atoms with Gasteiger partial charge in [-0.25, -0.2) is 9.18 Å². The summed E-state index contributed by atoms with van der Waals surface area (Å²) in [6.07, 6.45) is -0.369. The molecule has 0 radical (unpaired) electrons. The molecule has 0 unspecified atom stereocenters. The third-order valence-electron chi connectivity index (χ3n) is 3.29. The first-order valence-electron chi connectivity index (χ1n) is 6.75. The minimum Gasteiger partial charge on any atom is -0.444 e. The second-order valence-electron chi connectivity index (χ2n) is 6.21. The summed E-state index contributed by atoms with van der Waals surface area (Å²) in [5.41, 5.74) is 6.37. The van der Waals surface area contributed by atoms with E-state index in [0.29, 0.717) is 13.1 Å². The van der Waals surface area contributed by atoms with Gasteiger partial charge in [0.2, 0.25) is 0 Å². The van der Waals surface area contributed by atoms with E-state index in [1.807, 2.05) is 26.8 Å². The Kier molecular flexibility index (Phi) is 3.99.